The number of nitrogens with two attached hydrogens (primary N) is 1. The van der Waals surface area contributed by atoms with Gasteiger partial charge in [0.1, 0.15) is 5.75 Å². The molecule has 2 aromatic carbocycles. The maximum Gasteiger partial charge on any atom is 0.329 e. The lowest BCUT2D eigenvalue weighted by Crippen LogP contribution is -2.32. The first kappa shape index (κ1) is 21.7. The minimum absolute atomic E-state index is 0.0179. The molecule has 8 nitrogen and oxygen atoms in total. The van der Waals surface area contributed by atoms with Crippen LogP contribution in [0.5, 0.6) is 5.75 Å². The number of ether oxygens (including phenoxy) is 1. The van der Waals surface area contributed by atoms with Gasteiger partial charge in [0.05, 0.1) is 23.7 Å². The number of hydrogen-bond donors (Lipinski definition) is 2. The molecule has 8 heteroatoms. The minimum Gasteiger partial charge on any atom is -0.496 e. The van der Waals surface area contributed by atoms with Crippen molar-refractivity contribution < 1.29 is 14.3 Å². The van der Waals surface area contributed by atoms with Gasteiger partial charge in [0, 0.05) is 30.8 Å². The number of methoxy groups -OCH3 is 1. The molecule has 1 aliphatic carbocycles. The lowest BCUT2D eigenvalue weighted by molar-refractivity contribution is -0.121. The fraction of sp³-hybridized carbons (Fsp3) is 0.375. The monoisotopic (exact) mass is 436 g/mol. The first-order valence-electron chi connectivity index (χ1n) is 10.8. The van der Waals surface area contributed by atoms with E-state index in [4.69, 9.17) is 10.5 Å². The molecule has 1 aliphatic rings. The van der Waals surface area contributed by atoms with Crippen LogP contribution >= 0.6 is 0 Å². The van der Waals surface area contributed by atoms with E-state index < -0.39 is 5.91 Å². The smallest absolute Gasteiger partial charge is 0.329 e. The summed E-state index contributed by atoms with van der Waals surface area (Å²) < 4.78 is 8.57. The van der Waals surface area contributed by atoms with Gasteiger partial charge >= 0.3 is 5.69 Å². The Morgan fingerprint density at radius 1 is 1.12 bits per heavy atom. The number of nitrogens with zero attached hydrogens (tertiary/aromatic N) is 2. The van der Waals surface area contributed by atoms with Crippen molar-refractivity contribution in [3.63, 3.8) is 0 Å². The maximum atomic E-state index is 13.0. The summed E-state index contributed by atoms with van der Waals surface area (Å²) in [6.07, 6.45) is 2.76. The number of primary amides is 1. The second-order valence-electron chi connectivity index (χ2n) is 8.43. The molecule has 0 radical (unpaired) electrons. The normalized spacial score (nSPS) is 18.5. The highest BCUT2D eigenvalue weighted by Gasteiger charge is 2.30. The zero-order valence-electron chi connectivity index (χ0n) is 18.6. The SMILES string of the molecule is COc1cc(NC(=O)[C@H]2CC[C@@H](n3c(=O)n(C)c4c(C(N)=O)cccc43)CC2)ccc1C. The number of amides is 2. The molecule has 1 aromatic heterocycles. The van der Waals surface area contributed by atoms with E-state index in [0.717, 1.165) is 11.3 Å². The molecule has 168 valence electrons. The summed E-state index contributed by atoms with van der Waals surface area (Å²) in [5.74, 6) is 0.0367. The van der Waals surface area contributed by atoms with Gasteiger partial charge in [-0.2, -0.15) is 0 Å². The summed E-state index contributed by atoms with van der Waals surface area (Å²) in [7, 11) is 3.26. The Morgan fingerprint density at radius 3 is 2.50 bits per heavy atom. The Labute approximate surface area is 186 Å². The number of carbonyl (C=O) groups excluding carboxylic acids is 2. The van der Waals surface area contributed by atoms with Crippen molar-refractivity contribution in [3.05, 3.63) is 58.0 Å². The zero-order valence-corrected chi connectivity index (χ0v) is 18.6. The van der Waals surface area contributed by atoms with Crippen molar-refractivity contribution >= 4 is 28.5 Å². The lowest BCUT2D eigenvalue weighted by Gasteiger charge is -2.28. The standard InChI is InChI=1S/C24H28N4O4/c1-14-7-10-16(13-20(14)32-3)26-23(30)15-8-11-17(12-9-15)28-19-6-4-5-18(22(25)29)21(19)27(2)24(28)31/h4-7,10,13,15,17H,8-9,11-12H2,1-3H3,(H2,25,29)(H,26,30)/t15-,17+. The van der Waals surface area contributed by atoms with Crippen LogP contribution in [0.4, 0.5) is 5.69 Å². The molecule has 2 amide bonds. The van der Waals surface area contributed by atoms with E-state index >= 15 is 0 Å². The average Bonchev–Trinajstić information content (AvgIpc) is 3.05. The van der Waals surface area contributed by atoms with Gasteiger partial charge in [0.15, 0.2) is 0 Å². The molecule has 0 saturated heterocycles. The summed E-state index contributed by atoms with van der Waals surface area (Å²) in [5.41, 5.74) is 8.65. The Kier molecular flexibility index (Phi) is 5.78. The lowest BCUT2D eigenvalue weighted by atomic mass is 9.85. The fourth-order valence-electron chi connectivity index (χ4n) is 4.73. The van der Waals surface area contributed by atoms with E-state index in [1.54, 1.807) is 30.9 Å². The van der Waals surface area contributed by atoms with Gasteiger partial charge in [0.2, 0.25) is 5.91 Å². The van der Waals surface area contributed by atoms with Gasteiger partial charge < -0.3 is 15.8 Å². The van der Waals surface area contributed by atoms with Gasteiger partial charge in [-0.15, -0.1) is 0 Å². The highest BCUT2D eigenvalue weighted by molar-refractivity contribution is 6.04. The van der Waals surface area contributed by atoms with Crippen LogP contribution in [0.2, 0.25) is 0 Å². The molecular formula is C24H28N4O4. The molecule has 1 saturated carbocycles. The molecule has 1 heterocycles. The summed E-state index contributed by atoms with van der Waals surface area (Å²) in [4.78, 5) is 37.6. The number of imidazole rings is 1. The number of aromatic nitrogens is 2. The summed E-state index contributed by atoms with van der Waals surface area (Å²) in [6, 6.07) is 10.8. The molecular weight excluding hydrogens is 408 g/mol. The van der Waals surface area contributed by atoms with Gasteiger partial charge in [-0.25, -0.2) is 4.79 Å². The van der Waals surface area contributed by atoms with Crippen LogP contribution < -0.4 is 21.5 Å². The number of aryl methyl sites for hydroxylation is 2. The van der Waals surface area contributed by atoms with Crippen molar-refractivity contribution in [3.8, 4) is 5.75 Å². The zero-order chi connectivity index (χ0) is 23.0. The highest BCUT2D eigenvalue weighted by Crippen LogP contribution is 2.34. The largest absolute Gasteiger partial charge is 0.496 e. The number of carbonyl (C=O) groups is 2. The van der Waals surface area contributed by atoms with Crippen molar-refractivity contribution in [2.45, 2.75) is 38.6 Å². The van der Waals surface area contributed by atoms with Crippen LogP contribution in [-0.4, -0.2) is 28.1 Å². The third kappa shape index (κ3) is 3.77. The van der Waals surface area contributed by atoms with Crippen molar-refractivity contribution in [1.82, 2.24) is 9.13 Å². The second kappa shape index (κ2) is 8.53. The summed E-state index contributed by atoms with van der Waals surface area (Å²) >= 11 is 0. The van der Waals surface area contributed by atoms with Crippen LogP contribution in [0.15, 0.2) is 41.2 Å². The van der Waals surface area contributed by atoms with E-state index in [-0.39, 0.29) is 23.6 Å². The predicted octanol–water partition coefficient (Wildman–Crippen LogP) is 3.13. The molecule has 32 heavy (non-hydrogen) atoms. The average molecular weight is 437 g/mol. The number of anilines is 1. The van der Waals surface area contributed by atoms with Gasteiger partial charge in [-0.05, 0) is 56.4 Å². The first-order chi connectivity index (χ1) is 15.3. The van der Waals surface area contributed by atoms with Crippen LogP contribution in [-0.2, 0) is 11.8 Å². The maximum absolute atomic E-state index is 13.0. The van der Waals surface area contributed by atoms with Crippen molar-refractivity contribution in [2.24, 2.45) is 18.7 Å². The molecule has 3 aromatic rings. The van der Waals surface area contributed by atoms with Gasteiger partial charge in [-0.1, -0.05) is 12.1 Å². The Hall–Kier alpha value is -3.55. The van der Waals surface area contributed by atoms with Crippen molar-refractivity contribution in [1.29, 1.82) is 0 Å². The topological polar surface area (TPSA) is 108 Å². The molecule has 3 N–H and O–H groups in total. The van der Waals surface area contributed by atoms with E-state index in [2.05, 4.69) is 5.32 Å². The fourth-order valence-corrected chi connectivity index (χ4v) is 4.73. The van der Waals surface area contributed by atoms with Gasteiger partial charge in [0.25, 0.3) is 5.91 Å². The molecule has 1 fully saturated rings. The van der Waals surface area contributed by atoms with Crippen LogP contribution in [0.1, 0.15) is 47.6 Å². The molecule has 4 rings (SSSR count). The summed E-state index contributed by atoms with van der Waals surface area (Å²) in [6.45, 7) is 1.95. The van der Waals surface area contributed by atoms with Crippen molar-refractivity contribution in [2.75, 3.05) is 12.4 Å². The second-order valence-corrected chi connectivity index (χ2v) is 8.43. The number of benzene rings is 2. The van der Waals surface area contributed by atoms with Crippen LogP contribution in [0.3, 0.4) is 0 Å². The highest BCUT2D eigenvalue weighted by atomic mass is 16.5. The number of fused-ring (bicyclic) bond motifs is 1. The third-order valence-electron chi connectivity index (χ3n) is 6.48. The molecule has 0 spiro atoms. The third-order valence-corrected chi connectivity index (χ3v) is 6.48. The van der Waals surface area contributed by atoms with E-state index in [9.17, 15) is 14.4 Å². The van der Waals surface area contributed by atoms with E-state index in [0.29, 0.717) is 48.0 Å². The first-order valence-corrected chi connectivity index (χ1v) is 10.8. The quantitative estimate of drug-likeness (QED) is 0.640. The molecule has 0 bridgehead atoms. The number of nitrogens with one attached hydrogen (secondary N) is 1. The minimum atomic E-state index is -0.559. The Balaban J connectivity index is 1.51. The molecule has 0 atom stereocenters. The van der Waals surface area contributed by atoms with E-state index in [1.165, 1.54) is 4.57 Å². The number of para-hydroxylation sites is 1. The van der Waals surface area contributed by atoms with E-state index in [1.807, 2.05) is 31.2 Å². The number of hydrogen-bond acceptors (Lipinski definition) is 4. The molecule has 0 aliphatic heterocycles. The Morgan fingerprint density at radius 2 is 1.84 bits per heavy atom. The Bertz CT molecular complexity index is 1250. The van der Waals surface area contributed by atoms with Crippen LogP contribution in [0.25, 0.3) is 11.0 Å². The molecule has 0 unspecified atom stereocenters. The predicted molar refractivity (Wildman–Crippen MR) is 123 cm³/mol. The van der Waals surface area contributed by atoms with Gasteiger partial charge in [-0.3, -0.25) is 18.7 Å². The summed E-state index contributed by atoms with van der Waals surface area (Å²) in [5, 5.41) is 2.99. The van der Waals surface area contributed by atoms with Crippen LogP contribution in [0, 0.1) is 12.8 Å². The number of rotatable bonds is 5.